The van der Waals surface area contributed by atoms with Gasteiger partial charge in [0.15, 0.2) is 23.5 Å². The maximum atomic E-state index is 12.5. The van der Waals surface area contributed by atoms with Gasteiger partial charge in [-0.3, -0.25) is 18.4 Å². The average molecular weight is 857 g/mol. The zero-order chi connectivity index (χ0) is 42.2. The Kier molecular flexibility index (Phi) is 13.4. The van der Waals surface area contributed by atoms with Crippen LogP contribution in [0.4, 0.5) is 26.3 Å². The van der Waals surface area contributed by atoms with Crippen LogP contribution < -0.4 is 9.47 Å². The second kappa shape index (κ2) is 18.6. The number of hydrogen-bond acceptors (Lipinski definition) is 9. The first-order valence-corrected chi connectivity index (χ1v) is 20.1. The van der Waals surface area contributed by atoms with Crippen LogP contribution >= 0.6 is 0 Å². The number of alkyl halides is 6. The molecule has 0 spiro atoms. The molecule has 12 nitrogen and oxygen atoms in total. The van der Waals surface area contributed by atoms with Crippen molar-refractivity contribution in [2.24, 2.45) is 0 Å². The molecule has 0 bridgehead atoms. The number of nitrogens with zero attached hydrogens (tertiary/aromatic N) is 5. The van der Waals surface area contributed by atoms with Crippen molar-refractivity contribution in [3.63, 3.8) is 0 Å². The molecule has 2 atom stereocenters. The fourth-order valence-corrected chi connectivity index (χ4v) is 7.58. The Morgan fingerprint density at radius 3 is 1.37 bits per heavy atom. The Bertz CT molecular complexity index is 2470. The van der Waals surface area contributed by atoms with E-state index in [-0.39, 0.29) is 23.0 Å². The summed E-state index contributed by atoms with van der Waals surface area (Å²) < 4.78 is 108. The average Bonchev–Trinajstić information content (AvgIpc) is 3.97. The molecule has 8 rings (SSSR count). The van der Waals surface area contributed by atoms with E-state index in [1.807, 2.05) is 60.7 Å². The molecule has 8 aromatic rings. The molecule has 308 valence electrons. The standard InChI is InChI=1S/2C16H14F3N3O2S.C7H6N2/c2*1-10-13(20-7-6-14(10)24-9-16(17,18)19)8-25(23)15-21-11-4-2-3-5-12(11)22-15;1-2-4-7-6(3-1)8-5-9-7/h2*2-7H,8-9H2,1H3,(H,21,22);1-5H,(H,8,9). The summed E-state index contributed by atoms with van der Waals surface area (Å²) in [4.78, 5) is 29.8. The van der Waals surface area contributed by atoms with Crippen LogP contribution in [0, 0.1) is 13.8 Å². The van der Waals surface area contributed by atoms with Crippen molar-refractivity contribution >= 4 is 54.7 Å². The molecule has 5 heterocycles. The summed E-state index contributed by atoms with van der Waals surface area (Å²) in [7, 11) is -3.03. The van der Waals surface area contributed by atoms with E-state index >= 15 is 0 Å². The first-order valence-electron chi connectivity index (χ1n) is 17.5. The number of para-hydroxylation sites is 6. The minimum absolute atomic E-state index is 0.0227. The Morgan fingerprint density at radius 1 is 0.559 bits per heavy atom. The lowest BCUT2D eigenvalue weighted by atomic mass is 10.2. The summed E-state index contributed by atoms with van der Waals surface area (Å²) in [6.45, 7) is 0.404. The van der Waals surface area contributed by atoms with Crippen molar-refractivity contribution in [2.75, 3.05) is 13.2 Å². The van der Waals surface area contributed by atoms with Crippen LogP contribution in [0.3, 0.4) is 0 Å². The van der Waals surface area contributed by atoms with E-state index in [0.29, 0.717) is 43.9 Å². The SMILES string of the molecule is Cc1c(OCC(F)(F)F)ccnc1CS(=O)c1nc2ccccc2[nH]1.Cc1c(OCC(F)(F)F)ccnc1CS(=O)c1nc2ccccc2[nH]1.c1ccc2[nH]cnc2c1. The maximum Gasteiger partial charge on any atom is 0.422 e. The van der Waals surface area contributed by atoms with Gasteiger partial charge in [-0.25, -0.2) is 15.0 Å². The number of H-pyrrole nitrogens is 3. The van der Waals surface area contributed by atoms with Gasteiger partial charge < -0.3 is 24.4 Å². The van der Waals surface area contributed by atoms with Gasteiger partial charge in [0.25, 0.3) is 0 Å². The molecule has 0 radical (unpaired) electrons. The number of fused-ring (bicyclic) bond motifs is 3. The number of rotatable bonds is 10. The second-order valence-corrected chi connectivity index (χ2v) is 15.3. The van der Waals surface area contributed by atoms with Gasteiger partial charge in [-0.05, 0) is 62.4 Å². The van der Waals surface area contributed by atoms with E-state index < -0.39 is 47.2 Å². The summed E-state index contributed by atoms with van der Waals surface area (Å²) in [6.07, 6.45) is -4.47. The summed E-state index contributed by atoms with van der Waals surface area (Å²) in [5.41, 5.74) is 6.69. The molecule has 0 saturated heterocycles. The third-order valence-corrected chi connectivity index (χ3v) is 10.7. The normalized spacial score (nSPS) is 12.7. The molecule has 0 fully saturated rings. The molecule has 5 aromatic heterocycles. The zero-order valence-electron chi connectivity index (χ0n) is 31.1. The monoisotopic (exact) mass is 856 g/mol. The Balaban J connectivity index is 0.000000163. The van der Waals surface area contributed by atoms with Crippen LogP contribution in [0.15, 0.2) is 114 Å². The number of hydrogen-bond donors (Lipinski definition) is 3. The summed E-state index contributed by atoms with van der Waals surface area (Å²) in [5.74, 6) is 0.192. The highest BCUT2D eigenvalue weighted by Gasteiger charge is 2.30. The molecule has 59 heavy (non-hydrogen) atoms. The Hall–Kier alpha value is -6.15. The smallest absolute Gasteiger partial charge is 0.422 e. The predicted octanol–water partition coefficient (Wildman–Crippen LogP) is 8.59. The van der Waals surface area contributed by atoms with E-state index in [0.717, 1.165) is 22.1 Å². The van der Waals surface area contributed by atoms with E-state index in [4.69, 9.17) is 9.47 Å². The van der Waals surface area contributed by atoms with E-state index in [1.54, 1.807) is 32.3 Å². The number of imidazole rings is 3. The fourth-order valence-electron chi connectivity index (χ4n) is 5.38. The minimum atomic E-state index is -4.42. The van der Waals surface area contributed by atoms with Crippen molar-refractivity contribution in [3.05, 3.63) is 126 Å². The quantitative estimate of drug-likeness (QED) is 0.114. The van der Waals surface area contributed by atoms with Gasteiger partial charge in [0.05, 0.1) is 83.9 Å². The third-order valence-electron chi connectivity index (χ3n) is 8.33. The van der Waals surface area contributed by atoms with Crippen LogP contribution in [0.5, 0.6) is 11.5 Å². The number of nitrogens with one attached hydrogen (secondary N) is 3. The van der Waals surface area contributed by atoms with Crippen LogP contribution in [0.1, 0.15) is 22.5 Å². The predicted molar refractivity (Wildman–Crippen MR) is 210 cm³/mol. The van der Waals surface area contributed by atoms with Crippen molar-refractivity contribution < 1.29 is 44.2 Å². The number of halogens is 6. The number of aromatic amines is 3. The van der Waals surface area contributed by atoms with Crippen molar-refractivity contribution in [3.8, 4) is 11.5 Å². The molecule has 3 N–H and O–H groups in total. The lowest BCUT2D eigenvalue weighted by Crippen LogP contribution is -2.20. The molecule has 0 amide bonds. The molecule has 0 aliphatic carbocycles. The van der Waals surface area contributed by atoms with Crippen molar-refractivity contribution in [2.45, 2.75) is 48.0 Å². The molecule has 3 aromatic carbocycles. The van der Waals surface area contributed by atoms with Crippen molar-refractivity contribution in [1.29, 1.82) is 0 Å². The van der Waals surface area contributed by atoms with Gasteiger partial charge in [-0.2, -0.15) is 26.3 Å². The van der Waals surface area contributed by atoms with Gasteiger partial charge in [-0.15, -0.1) is 0 Å². The molecule has 0 aliphatic rings. The Labute approximate surface area is 336 Å². The van der Waals surface area contributed by atoms with E-state index in [9.17, 15) is 34.8 Å². The first kappa shape index (κ1) is 42.5. The van der Waals surface area contributed by atoms with Crippen LogP contribution in [-0.2, 0) is 33.1 Å². The lowest BCUT2D eigenvalue weighted by Gasteiger charge is -2.13. The van der Waals surface area contributed by atoms with Gasteiger partial charge in [0.2, 0.25) is 0 Å². The maximum absolute atomic E-state index is 12.5. The minimum Gasteiger partial charge on any atom is -0.484 e. The number of aromatic nitrogens is 8. The third kappa shape index (κ3) is 11.7. The fraction of sp³-hybridized carbons (Fsp3) is 0.205. The second-order valence-electron chi connectivity index (χ2n) is 12.6. The van der Waals surface area contributed by atoms with Gasteiger partial charge >= 0.3 is 12.4 Å². The molecule has 0 aliphatic heterocycles. The van der Waals surface area contributed by atoms with Crippen molar-refractivity contribution in [1.82, 2.24) is 39.9 Å². The van der Waals surface area contributed by atoms with E-state index in [1.165, 1.54) is 24.5 Å². The van der Waals surface area contributed by atoms with Crippen LogP contribution in [-0.4, -0.2) is 73.9 Å². The topological polar surface area (TPSA) is 164 Å². The molecule has 0 saturated carbocycles. The largest absolute Gasteiger partial charge is 0.484 e. The number of ether oxygens (including phenoxy) is 2. The summed E-state index contributed by atoms with van der Waals surface area (Å²) in [5, 5.41) is 0.591. The van der Waals surface area contributed by atoms with E-state index in [2.05, 4.69) is 39.9 Å². The first-order chi connectivity index (χ1) is 28.1. The van der Waals surface area contributed by atoms with Gasteiger partial charge in [0, 0.05) is 23.5 Å². The highest BCUT2D eigenvalue weighted by Crippen LogP contribution is 2.26. The Morgan fingerprint density at radius 2 is 0.966 bits per heavy atom. The lowest BCUT2D eigenvalue weighted by molar-refractivity contribution is -0.154. The molecule has 2 unspecified atom stereocenters. The number of pyridine rings is 2. The van der Waals surface area contributed by atoms with Gasteiger partial charge in [0.1, 0.15) is 11.5 Å². The molecule has 20 heteroatoms. The van der Waals surface area contributed by atoms with Crippen LogP contribution in [0.2, 0.25) is 0 Å². The zero-order valence-corrected chi connectivity index (χ0v) is 32.7. The van der Waals surface area contributed by atoms with Crippen LogP contribution in [0.25, 0.3) is 33.1 Å². The highest BCUT2D eigenvalue weighted by molar-refractivity contribution is 7.84. The summed E-state index contributed by atoms with van der Waals surface area (Å²) >= 11 is 0. The molecular weight excluding hydrogens is 823 g/mol. The molecular formula is C39H34F6N8O4S2. The summed E-state index contributed by atoms with van der Waals surface area (Å²) in [6, 6.07) is 25.2. The number of benzene rings is 3. The van der Waals surface area contributed by atoms with Gasteiger partial charge in [-0.1, -0.05) is 36.4 Å². The highest BCUT2D eigenvalue weighted by atomic mass is 32.2.